The van der Waals surface area contributed by atoms with E-state index < -0.39 is 0 Å². The molecule has 0 heterocycles. The van der Waals surface area contributed by atoms with Crippen molar-refractivity contribution in [1.29, 1.82) is 0 Å². The standard InChI is InChI=1S/C10H22.2C2H6.CH4/c1-5-7-10(4)8-9(3)6-2;2*1-2;/h9-10H,5-8H2,1-4H3;2*1-2H3;1H4/t9-,10?;;;/m0.../s1. The normalized spacial score (nSPS) is 12.0. The molecular formula is C15H38. The molecule has 0 radical (unpaired) electrons. The Labute approximate surface area is 101 Å². The Morgan fingerprint density at radius 3 is 1.47 bits per heavy atom. The van der Waals surface area contributed by atoms with Crippen LogP contribution in [0.25, 0.3) is 0 Å². The number of rotatable bonds is 5. The molecule has 0 aromatic rings. The van der Waals surface area contributed by atoms with Gasteiger partial charge in [-0.25, -0.2) is 0 Å². The molecule has 0 spiro atoms. The summed E-state index contributed by atoms with van der Waals surface area (Å²) in [6.45, 7) is 17.3. The molecule has 0 aromatic carbocycles. The molecule has 0 N–H and O–H groups in total. The van der Waals surface area contributed by atoms with Gasteiger partial charge >= 0.3 is 0 Å². The van der Waals surface area contributed by atoms with E-state index in [1.165, 1.54) is 25.7 Å². The summed E-state index contributed by atoms with van der Waals surface area (Å²) in [6, 6.07) is 0. The van der Waals surface area contributed by atoms with Gasteiger partial charge in [0.05, 0.1) is 0 Å². The summed E-state index contributed by atoms with van der Waals surface area (Å²) in [4.78, 5) is 0. The quantitative estimate of drug-likeness (QED) is 0.491. The van der Waals surface area contributed by atoms with E-state index in [0.29, 0.717) is 0 Å². The van der Waals surface area contributed by atoms with Crippen LogP contribution in [0.2, 0.25) is 0 Å². The highest BCUT2D eigenvalue weighted by Crippen LogP contribution is 2.18. The van der Waals surface area contributed by atoms with Crippen molar-refractivity contribution in [3.05, 3.63) is 0 Å². The van der Waals surface area contributed by atoms with Crippen LogP contribution in [0.3, 0.4) is 0 Å². The molecule has 0 saturated carbocycles. The van der Waals surface area contributed by atoms with E-state index in [9.17, 15) is 0 Å². The van der Waals surface area contributed by atoms with Gasteiger partial charge < -0.3 is 0 Å². The van der Waals surface area contributed by atoms with E-state index in [4.69, 9.17) is 0 Å². The predicted octanol–water partition coefficient (Wildman–Crippen LogP) is 6.55. The van der Waals surface area contributed by atoms with Crippen LogP contribution in [0.5, 0.6) is 0 Å². The van der Waals surface area contributed by atoms with Crippen molar-refractivity contribution in [3.63, 3.8) is 0 Å². The Kier molecular flexibility index (Phi) is 38.3. The second kappa shape index (κ2) is 23.7. The average Bonchev–Trinajstić information content (AvgIpc) is 2.24. The first-order valence-electron chi connectivity index (χ1n) is 6.70. The third-order valence-corrected chi connectivity index (χ3v) is 2.28. The lowest BCUT2D eigenvalue weighted by atomic mass is 9.92. The first-order chi connectivity index (χ1) is 6.70. The summed E-state index contributed by atoms with van der Waals surface area (Å²) >= 11 is 0. The Hall–Kier alpha value is 0. The molecule has 0 fully saturated rings. The number of hydrogen-bond acceptors (Lipinski definition) is 0. The molecule has 2 atom stereocenters. The summed E-state index contributed by atoms with van der Waals surface area (Å²) < 4.78 is 0. The lowest BCUT2D eigenvalue weighted by Gasteiger charge is -2.14. The summed E-state index contributed by atoms with van der Waals surface area (Å²) in [5.41, 5.74) is 0. The van der Waals surface area contributed by atoms with E-state index in [1.54, 1.807) is 0 Å². The van der Waals surface area contributed by atoms with Crippen molar-refractivity contribution in [2.45, 2.75) is 88.5 Å². The zero-order valence-corrected chi connectivity index (χ0v) is 12.0. The van der Waals surface area contributed by atoms with Crippen molar-refractivity contribution in [2.24, 2.45) is 11.8 Å². The van der Waals surface area contributed by atoms with E-state index in [2.05, 4.69) is 27.7 Å². The highest BCUT2D eigenvalue weighted by molar-refractivity contribution is 4.57. The second-order valence-corrected chi connectivity index (χ2v) is 3.64. The average molecular weight is 218 g/mol. The molecule has 0 nitrogen and oxygen atoms in total. The van der Waals surface area contributed by atoms with E-state index in [0.717, 1.165) is 11.8 Å². The second-order valence-electron chi connectivity index (χ2n) is 3.64. The molecule has 0 heteroatoms. The maximum absolute atomic E-state index is 2.37. The van der Waals surface area contributed by atoms with Gasteiger partial charge in [-0.1, -0.05) is 82.1 Å². The molecule has 98 valence electrons. The molecule has 0 rings (SSSR count). The molecule has 0 aliphatic rings. The zero-order chi connectivity index (χ0) is 12.0. The molecule has 0 bridgehead atoms. The summed E-state index contributed by atoms with van der Waals surface area (Å²) in [5.74, 6) is 1.88. The van der Waals surface area contributed by atoms with Crippen LogP contribution < -0.4 is 0 Å². The van der Waals surface area contributed by atoms with Crippen molar-refractivity contribution in [2.75, 3.05) is 0 Å². The van der Waals surface area contributed by atoms with Gasteiger partial charge in [0.2, 0.25) is 0 Å². The maximum Gasteiger partial charge on any atom is -0.0440 e. The summed E-state index contributed by atoms with van der Waals surface area (Å²) in [6.07, 6.45) is 5.51. The minimum atomic E-state index is 0. The smallest absolute Gasteiger partial charge is 0.0440 e. The van der Waals surface area contributed by atoms with Crippen molar-refractivity contribution in [3.8, 4) is 0 Å². The highest BCUT2D eigenvalue weighted by Gasteiger charge is 2.04. The largest absolute Gasteiger partial charge is 0.0776 e. The van der Waals surface area contributed by atoms with Crippen LogP contribution in [0.15, 0.2) is 0 Å². The van der Waals surface area contributed by atoms with Crippen LogP contribution >= 0.6 is 0 Å². The third kappa shape index (κ3) is 24.9. The maximum atomic E-state index is 2.37. The first-order valence-corrected chi connectivity index (χ1v) is 6.70. The molecule has 0 aliphatic carbocycles. The fourth-order valence-corrected chi connectivity index (χ4v) is 1.46. The molecule has 0 amide bonds. The van der Waals surface area contributed by atoms with Gasteiger partial charge in [0, 0.05) is 0 Å². The van der Waals surface area contributed by atoms with Gasteiger partial charge in [0.25, 0.3) is 0 Å². The van der Waals surface area contributed by atoms with Gasteiger partial charge in [0.1, 0.15) is 0 Å². The lowest BCUT2D eigenvalue weighted by molar-refractivity contribution is 0.384. The van der Waals surface area contributed by atoms with E-state index >= 15 is 0 Å². The molecule has 1 unspecified atom stereocenters. The van der Waals surface area contributed by atoms with Gasteiger partial charge in [-0.05, 0) is 18.3 Å². The highest BCUT2D eigenvalue weighted by atomic mass is 14.1. The molecule has 0 aliphatic heterocycles. The number of hydrogen-bond donors (Lipinski definition) is 0. The third-order valence-electron chi connectivity index (χ3n) is 2.28. The fourth-order valence-electron chi connectivity index (χ4n) is 1.46. The Balaban J connectivity index is -0.000000107. The molecule has 15 heavy (non-hydrogen) atoms. The van der Waals surface area contributed by atoms with Crippen LogP contribution in [0.1, 0.15) is 88.5 Å². The zero-order valence-electron chi connectivity index (χ0n) is 12.0. The first kappa shape index (κ1) is 24.3. The van der Waals surface area contributed by atoms with E-state index in [-0.39, 0.29) is 7.43 Å². The minimum Gasteiger partial charge on any atom is -0.0776 e. The Morgan fingerprint density at radius 1 is 0.800 bits per heavy atom. The minimum absolute atomic E-state index is 0. The van der Waals surface area contributed by atoms with Crippen LogP contribution in [0.4, 0.5) is 0 Å². The van der Waals surface area contributed by atoms with Crippen LogP contribution in [-0.2, 0) is 0 Å². The van der Waals surface area contributed by atoms with Gasteiger partial charge in [-0.2, -0.15) is 0 Å². The fraction of sp³-hybridized carbons (Fsp3) is 1.00. The van der Waals surface area contributed by atoms with Crippen molar-refractivity contribution in [1.82, 2.24) is 0 Å². The van der Waals surface area contributed by atoms with Gasteiger partial charge in [-0.3, -0.25) is 0 Å². The molecule has 0 aromatic heterocycles. The Morgan fingerprint density at radius 2 is 1.20 bits per heavy atom. The summed E-state index contributed by atoms with van der Waals surface area (Å²) in [5, 5.41) is 0. The van der Waals surface area contributed by atoms with E-state index in [1.807, 2.05) is 27.7 Å². The molecular weight excluding hydrogens is 180 g/mol. The Bertz CT molecular complexity index is 66.4. The van der Waals surface area contributed by atoms with Crippen LogP contribution in [0, 0.1) is 11.8 Å². The van der Waals surface area contributed by atoms with Gasteiger partial charge in [-0.15, -0.1) is 0 Å². The predicted molar refractivity (Wildman–Crippen MR) is 77.6 cm³/mol. The van der Waals surface area contributed by atoms with Gasteiger partial charge in [0.15, 0.2) is 0 Å². The van der Waals surface area contributed by atoms with Crippen LogP contribution in [-0.4, -0.2) is 0 Å². The summed E-state index contributed by atoms with van der Waals surface area (Å²) in [7, 11) is 0. The van der Waals surface area contributed by atoms with Crippen molar-refractivity contribution >= 4 is 0 Å². The van der Waals surface area contributed by atoms with Crippen molar-refractivity contribution < 1.29 is 0 Å². The topological polar surface area (TPSA) is 0 Å². The lowest BCUT2D eigenvalue weighted by Crippen LogP contribution is -2.01. The SMILES string of the molecule is C.CC.CC.CCCC(C)C[C@@H](C)CC. The molecule has 0 saturated heterocycles. The monoisotopic (exact) mass is 218 g/mol.